The first kappa shape index (κ1) is 20.1. The van der Waals surface area contributed by atoms with E-state index in [4.69, 9.17) is 9.47 Å². The van der Waals surface area contributed by atoms with Crippen molar-refractivity contribution in [3.8, 4) is 11.5 Å². The van der Waals surface area contributed by atoms with E-state index in [0.29, 0.717) is 0 Å². The lowest BCUT2D eigenvalue weighted by molar-refractivity contribution is 0.355. The third kappa shape index (κ3) is 3.79. The van der Waals surface area contributed by atoms with E-state index in [0.717, 1.165) is 17.1 Å². The van der Waals surface area contributed by atoms with Gasteiger partial charge >= 0.3 is 0 Å². The maximum atomic E-state index is 5.58. The van der Waals surface area contributed by atoms with E-state index in [2.05, 4.69) is 109 Å². The molecule has 0 aliphatic carbocycles. The van der Waals surface area contributed by atoms with Gasteiger partial charge in [0, 0.05) is 0 Å². The number of methoxy groups -OCH3 is 2. The summed E-state index contributed by atoms with van der Waals surface area (Å²) in [7, 11) is 3.34. The van der Waals surface area contributed by atoms with Crippen LogP contribution in [0, 0.1) is 0 Å². The molecule has 0 N–H and O–H groups in total. The number of ether oxygens (including phenoxy) is 2. The standard InChI is InChI=1S/C27H25O2P/c1-28-26-19-18-22(20-27(26)29-2)21-30(23-12-6-3-7-13-23,24-14-8-4-9-15-24)25-16-10-5-11-17-25/h3-21H,1-2H3. The fourth-order valence-electron chi connectivity index (χ4n) is 3.82. The van der Waals surface area contributed by atoms with Gasteiger partial charge in [-0.25, -0.2) is 0 Å². The van der Waals surface area contributed by atoms with Crippen LogP contribution in [0.3, 0.4) is 0 Å². The van der Waals surface area contributed by atoms with Gasteiger partial charge in [-0.1, -0.05) is 97.1 Å². The van der Waals surface area contributed by atoms with Crippen LogP contribution < -0.4 is 25.4 Å². The largest absolute Gasteiger partial charge is 0.493 e. The molecule has 0 saturated heterocycles. The van der Waals surface area contributed by atoms with E-state index in [-0.39, 0.29) is 0 Å². The highest BCUT2D eigenvalue weighted by atomic mass is 31.2. The van der Waals surface area contributed by atoms with Gasteiger partial charge < -0.3 is 9.47 Å². The normalized spacial score (nSPS) is 11.0. The number of rotatable bonds is 6. The van der Waals surface area contributed by atoms with Crippen LogP contribution in [0.4, 0.5) is 0 Å². The van der Waals surface area contributed by atoms with Crippen LogP contribution in [0.1, 0.15) is 5.56 Å². The average Bonchev–Trinajstić information content (AvgIpc) is 2.84. The smallest absolute Gasteiger partial charge is 0.161 e. The fraction of sp³-hybridized carbons (Fsp3) is 0.0741. The molecule has 0 saturated carbocycles. The van der Waals surface area contributed by atoms with Crippen molar-refractivity contribution >= 4 is 28.6 Å². The molecular weight excluding hydrogens is 387 g/mol. The van der Waals surface area contributed by atoms with Gasteiger partial charge in [-0.3, -0.25) is 0 Å². The monoisotopic (exact) mass is 412 g/mol. The van der Waals surface area contributed by atoms with Crippen LogP contribution in [0.25, 0.3) is 0 Å². The van der Waals surface area contributed by atoms with E-state index in [1.54, 1.807) is 14.2 Å². The molecule has 4 aromatic carbocycles. The van der Waals surface area contributed by atoms with Crippen molar-refractivity contribution in [2.75, 3.05) is 14.2 Å². The maximum Gasteiger partial charge on any atom is 0.161 e. The van der Waals surface area contributed by atoms with Gasteiger partial charge in [0.05, 0.1) is 14.2 Å². The van der Waals surface area contributed by atoms with Gasteiger partial charge in [0.1, 0.15) is 0 Å². The van der Waals surface area contributed by atoms with Crippen molar-refractivity contribution in [2.24, 2.45) is 0 Å². The Morgan fingerprint density at radius 2 is 0.967 bits per heavy atom. The molecule has 0 spiro atoms. The lowest BCUT2D eigenvalue weighted by atomic mass is 10.2. The highest BCUT2D eigenvalue weighted by molar-refractivity contribution is 7.94. The van der Waals surface area contributed by atoms with Crippen LogP contribution >= 0.6 is 6.89 Å². The number of hydrogen-bond acceptors (Lipinski definition) is 2. The summed E-state index contributed by atoms with van der Waals surface area (Å²) >= 11 is 0. The molecule has 150 valence electrons. The van der Waals surface area contributed by atoms with Gasteiger partial charge in [-0.15, -0.1) is 0 Å². The number of hydrogen-bond donors (Lipinski definition) is 0. The highest BCUT2D eigenvalue weighted by Gasteiger charge is 2.25. The summed E-state index contributed by atoms with van der Waals surface area (Å²) in [6.07, 6.45) is 0. The Labute approximate surface area is 178 Å². The molecule has 0 bridgehead atoms. The Balaban J connectivity index is 2.09. The highest BCUT2D eigenvalue weighted by Crippen LogP contribution is 2.44. The van der Waals surface area contributed by atoms with E-state index in [1.165, 1.54) is 15.9 Å². The van der Waals surface area contributed by atoms with Gasteiger partial charge in [0.15, 0.2) is 11.5 Å². The van der Waals surface area contributed by atoms with Gasteiger partial charge in [0.25, 0.3) is 0 Å². The van der Waals surface area contributed by atoms with Crippen molar-refractivity contribution in [1.29, 1.82) is 0 Å². The summed E-state index contributed by atoms with van der Waals surface area (Å²) < 4.78 is 11.0. The van der Waals surface area contributed by atoms with E-state index < -0.39 is 6.89 Å². The zero-order chi connectivity index (χ0) is 20.8. The first-order chi connectivity index (χ1) is 14.8. The summed E-state index contributed by atoms with van der Waals surface area (Å²) in [5.74, 6) is 3.89. The third-order valence-corrected chi connectivity index (χ3v) is 9.26. The second kappa shape index (κ2) is 9.07. The molecule has 0 aromatic heterocycles. The molecule has 2 nitrogen and oxygen atoms in total. The SMILES string of the molecule is COc1ccc(C=P(c2ccccc2)(c2ccccc2)c2ccccc2)cc1OC. The van der Waals surface area contributed by atoms with Crippen LogP contribution in [-0.4, -0.2) is 20.0 Å². The summed E-state index contributed by atoms with van der Waals surface area (Å²) in [4.78, 5) is 0. The van der Waals surface area contributed by atoms with E-state index >= 15 is 0 Å². The fourth-order valence-corrected chi connectivity index (χ4v) is 7.69. The summed E-state index contributed by atoms with van der Waals surface area (Å²) in [6, 6.07) is 38.5. The lowest BCUT2D eigenvalue weighted by Crippen LogP contribution is -2.27. The van der Waals surface area contributed by atoms with Gasteiger partial charge in [0.2, 0.25) is 0 Å². The topological polar surface area (TPSA) is 18.5 Å². The van der Waals surface area contributed by atoms with E-state index in [1.807, 2.05) is 6.07 Å². The Bertz CT molecular complexity index is 1050. The predicted molar refractivity (Wildman–Crippen MR) is 130 cm³/mol. The number of benzene rings is 4. The molecule has 0 aliphatic heterocycles. The minimum absolute atomic E-state index is 0.734. The van der Waals surface area contributed by atoms with Gasteiger partial charge in [-0.2, -0.15) is 0 Å². The van der Waals surface area contributed by atoms with Crippen molar-refractivity contribution in [1.82, 2.24) is 0 Å². The van der Waals surface area contributed by atoms with Crippen LogP contribution in [0.5, 0.6) is 11.5 Å². The predicted octanol–water partition coefficient (Wildman–Crippen LogP) is 4.85. The Morgan fingerprint density at radius 1 is 0.533 bits per heavy atom. The quantitative estimate of drug-likeness (QED) is 0.422. The molecule has 0 atom stereocenters. The molecule has 4 aromatic rings. The Morgan fingerprint density at radius 3 is 1.37 bits per heavy atom. The first-order valence-electron chi connectivity index (χ1n) is 9.91. The van der Waals surface area contributed by atoms with Crippen LogP contribution in [0.15, 0.2) is 109 Å². The second-order valence-electron chi connectivity index (χ2n) is 6.97. The molecule has 0 aliphatic rings. The van der Waals surface area contributed by atoms with Crippen molar-refractivity contribution in [3.63, 3.8) is 0 Å². The summed E-state index contributed by atoms with van der Waals surface area (Å²) in [5, 5.41) is 3.95. The molecule has 0 unspecified atom stereocenters. The van der Waals surface area contributed by atoms with Crippen molar-refractivity contribution in [2.45, 2.75) is 0 Å². The minimum atomic E-state index is -2.05. The maximum absolute atomic E-state index is 5.58. The van der Waals surface area contributed by atoms with Crippen molar-refractivity contribution in [3.05, 3.63) is 115 Å². The zero-order valence-corrected chi connectivity index (χ0v) is 18.1. The third-order valence-electron chi connectivity index (χ3n) is 5.24. The molecule has 0 fully saturated rings. The molecular formula is C27H25O2P. The Hall–Kier alpha value is -3.22. The second-order valence-corrected chi connectivity index (χ2v) is 10.2. The van der Waals surface area contributed by atoms with Crippen LogP contribution in [-0.2, 0) is 0 Å². The van der Waals surface area contributed by atoms with Crippen molar-refractivity contribution < 1.29 is 9.47 Å². The summed E-state index contributed by atoms with van der Waals surface area (Å²) in [6.45, 7) is -2.05. The lowest BCUT2D eigenvalue weighted by Gasteiger charge is -2.29. The van der Waals surface area contributed by atoms with Gasteiger partial charge in [-0.05, 0) is 46.3 Å². The van der Waals surface area contributed by atoms with E-state index in [9.17, 15) is 0 Å². The first-order valence-corrected chi connectivity index (χ1v) is 11.8. The molecule has 0 heterocycles. The summed E-state index contributed by atoms with van der Waals surface area (Å²) in [5.41, 5.74) is 1.11. The molecule has 3 heteroatoms. The van der Waals surface area contributed by atoms with Crippen LogP contribution in [0.2, 0.25) is 0 Å². The molecule has 0 amide bonds. The Kier molecular flexibility index (Phi) is 6.07. The molecule has 0 radical (unpaired) electrons. The minimum Gasteiger partial charge on any atom is -0.493 e. The average molecular weight is 412 g/mol. The molecule has 30 heavy (non-hydrogen) atoms. The zero-order valence-electron chi connectivity index (χ0n) is 17.2. The molecule has 4 rings (SSSR count).